The molecule has 13 atom stereocenters. The number of aliphatic hydroxyl groups is 5. The van der Waals surface area contributed by atoms with Crippen LogP contribution in [0.3, 0.4) is 0 Å². The molecule has 9 N–H and O–H groups in total. The van der Waals surface area contributed by atoms with Crippen molar-refractivity contribution in [2.45, 2.75) is 237 Å². The molecule has 3 unspecified atom stereocenters. The Morgan fingerprint density at radius 3 is 2.07 bits per heavy atom. The SMILES string of the molecule is CCCCC[C@H](O)/C=C\[C@@H]1[C@H](O)[C@H](O)[C@H]2COP(=O)(O)OP(=O)(O)OC[C@@H](COC(=O)CCCCCCCCCCCCCCCCC(C)CC)OC(=O)CCCC=CC[C@H]([C@H](n3ccc(N)nc3=O)O2)[C@@H](O)C[C@H]1O. The van der Waals surface area contributed by atoms with Gasteiger partial charge in [0.15, 0.2) is 6.10 Å². The fourth-order valence-electron chi connectivity index (χ4n) is 9.27. The van der Waals surface area contributed by atoms with Crippen LogP contribution in [-0.4, -0.2) is 119 Å². The first-order valence-electron chi connectivity index (χ1n) is 28.0. The Balaban J connectivity index is 1.70. The average Bonchev–Trinajstić information content (AvgIpc) is 3.36. The fourth-order valence-corrected chi connectivity index (χ4v) is 11.4. The van der Waals surface area contributed by atoms with Crippen LogP contribution in [0.2, 0.25) is 0 Å². The molecule has 1 fully saturated rings. The number of allylic oxidation sites excluding steroid dienone is 2. The third kappa shape index (κ3) is 27.3. The van der Waals surface area contributed by atoms with Crippen molar-refractivity contribution in [3.05, 3.63) is 47.1 Å². The van der Waals surface area contributed by atoms with Gasteiger partial charge < -0.3 is 55.3 Å². The molecule has 21 nitrogen and oxygen atoms in total. The zero-order chi connectivity index (χ0) is 55.9. The van der Waals surface area contributed by atoms with Crippen LogP contribution in [-0.2, 0) is 46.3 Å². The van der Waals surface area contributed by atoms with E-state index in [1.807, 2.05) is 6.92 Å². The number of rotatable bonds is 27. The molecule has 23 heteroatoms. The number of nitrogens with zero attached hydrogens (tertiary/aromatic N) is 2. The summed E-state index contributed by atoms with van der Waals surface area (Å²) >= 11 is 0. The predicted molar refractivity (Wildman–Crippen MR) is 286 cm³/mol. The highest BCUT2D eigenvalue weighted by Crippen LogP contribution is 2.60. The number of ether oxygens (including phenoxy) is 3. The summed E-state index contributed by atoms with van der Waals surface area (Å²) < 4.78 is 59.1. The second-order valence-corrected chi connectivity index (χ2v) is 23.7. The quantitative estimate of drug-likeness (QED) is 0.0177. The summed E-state index contributed by atoms with van der Waals surface area (Å²) in [4.78, 5) is 64.2. The van der Waals surface area contributed by atoms with Gasteiger partial charge in [-0.2, -0.15) is 9.29 Å². The van der Waals surface area contributed by atoms with E-state index in [0.29, 0.717) is 19.3 Å². The topological polar surface area (TPSA) is 326 Å². The van der Waals surface area contributed by atoms with Gasteiger partial charge in [0.2, 0.25) is 0 Å². The van der Waals surface area contributed by atoms with Crippen molar-refractivity contribution in [1.82, 2.24) is 9.55 Å². The number of nitrogen functional groups attached to an aromatic ring is 1. The number of aliphatic hydroxyl groups excluding tert-OH is 5. The number of phosphoric ester groups is 2. The highest BCUT2D eigenvalue weighted by atomic mass is 31.3. The van der Waals surface area contributed by atoms with Gasteiger partial charge in [0.25, 0.3) is 0 Å². The molecular formula is C53H93N3O18P2. The molecule has 0 spiro atoms. The summed E-state index contributed by atoms with van der Waals surface area (Å²) in [6.07, 6.45) is 15.3. The molecule has 1 saturated heterocycles. The van der Waals surface area contributed by atoms with E-state index in [9.17, 15) is 58.8 Å². The number of nitrogens with two attached hydrogens (primary N) is 1. The lowest BCUT2D eigenvalue weighted by atomic mass is 9.82. The Morgan fingerprint density at radius 1 is 0.842 bits per heavy atom. The van der Waals surface area contributed by atoms with E-state index < -0.39 is 120 Å². The fraction of sp³-hybridized carbons (Fsp3) is 0.811. The number of hydrogen-bond acceptors (Lipinski definition) is 18. The molecule has 3 heterocycles. The molecule has 2 aliphatic heterocycles. The van der Waals surface area contributed by atoms with Gasteiger partial charge in [-0.05, 0) is 44.1 Å². The first-order valence-corrected chi connectivity index (χ1v) is 31.0. The lowest BCUT2D eigenvalue weighted by Gasteiger charge is -2.40. The van der Waals surface area contributed by atoms with Gasteiger partial charge in [0.1, 0.15) is 30.9 Å². The van der Waals surface area contributed by atoms with Gasteiger partial charge in [-0.15, -0.1) is 0 Å². The van der Waals surface area contributed by atoms with Crippen molar-refractivity contribution in [3.8, 4) is 0 Å². The van der Waals surface area contributed by atoms with E-state index in [1.165, 1.54) is 95.0 Å². The summed E-state index contributed by atoms with van der Waals surface area (Å²) in [7, 11) is -11.3. The van der Waals surface area contributed by atoms with Crippen molar-refractivity contribution < 1.29 is 81.6 Å². The van der Waals surface area contributed by atoms with Crippen molar-refractivity contribution in [3.63, 3.8) is 0 Å². The van der Waals surface area contributed by atoms with Crippen molar-refractivity contribution in [2.75, 3.05) is 25.6 Å². The van der Waals surface area contributed by atoms with E-state index in [0.717, 1.165) is 49.0 Å². The minimum absolute atomic E-state index is 0.0815. The third-order valence-electron chi connectivity index (χ3n) is 14.1. The van der Waals surface area contributed by atoms with Crippen LogP contribution in [0.25, 0.3) is 0 Å². The van der Waals surface area contributed by atoms with Gasteiger partial charge in [-0.1, -0.05) is 161 Å². The van der Waals surface area contributed by atoms with Gasteiger partial charge >= 0.3 is 33.3 Å². The summed E-state index contributed by atoms with van der Waals surface area (Å²) in [6.45, 7) is 3.88. The largest absolute Gasteiger partial charge is 0.481 e. The zero-order valence-electron chi connectivity index (χ0n) is 45.3. The van der Waals surface area contributed by atoms with Crippen LogP contribution >= 0.6 is 15.6 Å². The Labute approximate surface area is 450 Å². The standard InChI is InChI=1S/C53H93N3O18P2/c1-4-6-21-27-40(57)31-32-42-44(58)35-45(59)43-28-23-19-20-25-30-49(61)72-41(36-69-48(60)29-24-18-16-14-12-10-8-7-9-11-13-15-17-22-26-39(3)5-2)37-70-75(65,66)74-76(67,68)71-38-46(51(63)50(42)62)73-52(43)56-34-33-47(54)55-53(56)64/h19,23,31-34,39-46,50-52,57-59,62-63H,4-18,20-22,24-30,35-38H2,1-3H3,(H,65,66)(H,67,68)(H2,54,55,64)/b23-19?,32-31-/t39?,40-,41+,42-,43-,44+,45-,46+,50-,51+,52+/m0/s1. The number of carbonyl (C=O) groups excluding carboxylic acids is 2. The molecule has 0 aliphatic carbocycles. The number of anilines is 1. The molecule has 0 aromatic carbocycles. The minimum Gasteiger partial charge on any atom is -0.462 e. The first-order chi connectivity index (χ1) is 36.3. The molecular weight excluding hydrogens is 1030 g/mol. The third-order valence-corrected chi connectivity index (χ3v) is 16.7. The smallest absolute Gasteiger partial charge is 0.462 e. The molecule has 2 bridgehead atoms. The Morgan fingerprint density at radius 2 is 1.45 bits per heavy atom. The van der Waals surface area contributed by atoms with Crippen LogP contribution in [0.1, 0.15) is 194 Å². The molecule has 0 radical (unpaired) electrons. The number of phosphoric acid groups is 2. The number of cyclic esters (lactones) is 1. The minimum atomic E-state index is -5.70. The van der Waals surface area contributed by atoms with Crippen LogP contribution in [0, 0.1) is 17.8 Å². The van der Waals surface area contributed by atoms with Crippen LogP contribution in [0.15, 0.2) is 41.4 Å². The molecule has 0 amide bonds. The average molecular weight is 1120 g/mol. The maximum atomic E-state index is 13.4. The number of fused-ring (bicyclic) bond motifs is 3. The molecule has 1 aromatic heterocycles. The molecule has 3 rings (SSSR count). The summed E-state index contributed by atoms with van der Waals surface area (Å²) in [5, 5.41) is 57.5. The monoisotopic (exact) mass is 1120 g/mol. The van der Waals surface area contributed by atoms with Gasteiger partial charge in [0, 0.05) is 37.3 Å². The van der Waals surface area contributed by atoms with Gasteiger partial charge in [-0.25, -0.2) is 13.9 Å². The number of unbranched alkanes of at least 4 members (excludes halogenated alkanes) is 15. The highest BCUT2D eigenvalue weighted by Gasteiger charge is 2.45. The number of hydrogen-bond donors (Lipinski definition) is 8. The van der Waals surface area contributed by atoms with Crippen molar-refractivity contribution in [2.24, 2.45) is 17.8 Å². The Hall–Kier alpha value is -2.88. The van der Waals surface area contributed by atoms with Gasteiger partial charge in [0.05, 0.1) is 37.6 Å². The molecule has 438 valence electrons. The van der Waals surface area contributed by atoms with E-state index in [2.05, 4.69) is 23.1 Å². The van der Waals surface area contributed by atoms with Crippen LogP contribution in [0.5, 0.6) is 0 Å². The maximum absolute atomic E-state index is 13.4. The number of carbonyl (C=O) groups is 2. The Kier molecular flexibility index (Phi) is 32.9. The highest BCUT2D eigenvalue weighted by molar-refractivity contribution is 7.61. The van der Waals surface area contributed by atoms with Crippen LogP contribution < -0.4 is 11.4 Å². The van der Waals surface area contributed by atoms with Crippen molar-refractivity contribution >= 4 is 33.4 Å². The maximum Gasteiger partial charge on any atom is 0.481 e. The number of esters is 2. The van der Waals surface area contributed by atoms with E-state index >= 15 is 0 Å². The second-order valence-electron chi connectivity index (χ2n) is 20.7. The summed E-state index contributed by atoms with van der Waals surface area (Å²) in [5.41, 5.74) is 4.78. The first kappa shape index (κ1) is 67.4. The lowest BCUT2D eigenvalue weighted by Crippen LogP contribution is -2.52. The van der Waals surface area contributed by atoms with Gasteiger partial charge in [-0.3, -0.25) is 23.2 Å². The lowest BCUT2D eigenvalue weighted by molar-refractivity contribution is -0.194. The van der Waals surface area contributed by atoms with E-state index in [4.69, 9.17) is 29.0 Å². The summed E-state index contributed by atoms with van der Waals surface area (Å²) in [6, 6.07) is 1.25. The van der Waals surface area contributed by atoms with Crippen molar-refractivity contribution in [1.29, 1.82) is 0 Å². The second kappa shape index (κ2) is 37.1. The molecule has 2 aliphatic rings. The predicted octanol–water partition coefficient (Wildman–Crippen LogP) is 8.41. The number of aromatic nitrogens is 2. The van der Waals surface area contributed by atoms with E-state index in [1.54, 1.807) is 12.2 Å². The zero-order valence-corrected chi connectivity index (χ0v) is 47.1. The molecule has 0 saturated carbocycles. The normalized spacial score (nSPS) is 29.7. The molecule has 76 heavy (non-hydrogen) atoms. The van der Waals surface area contributed by atoms with E-state index in [-0.39, 0.29) is 37.9 Å². The van der Waals surface area contributed by atoms with Crippen LogP contribution in [0.4, 0.5) is 5.82 Å². The Bertz CT molecular complexity index is 2010. The molecule has 1 aromatic rings. The summed E-state index contributed by atoms with van der Waals surface area (Å²) in [5.74, 6) is -3.29.